The smallest absolute Gasteiger partial charge is 0.316 e. The summed E-state index contributed by atoms with van der Waals surface area (Å²) < 4.78 is 5.36. The van der Waals surface area contributed by atoms with Gasteiger partial charge in [0.15, 0.2) is 0 Å². The molecule has 6 rings (SSSR count). The van der Waals surface area contributed by atoms with Crippen LogP contribution < -0.4 is 5.32 Å². The van der Waals surface area contributed by atoms with Gasteiger partial charge in [-0.25, -0.2) is 0 Å². The minimum atomic E-state index is -1.18. The summed E-state index contributed by atoms with van der Waals surface area (Å²) in [6.07, 6.45) is 3.99. The second kappa shape index (κ2) is 5.82. The summed E-state index contributed by atoms with van der Waals surface area (Å²) in [6, 6.07) is 9.23. The molecule has 6 heteroatoms. The molecule has 2 saturated heterocycles. The minimum Gasteiger partial charge on any atom is -0.468 e. The third kappa shape index (κ3) is 1.91. The monoisotopic (exact) mass is 379 g/mol. The molecular weight excluding hydrogens is 354 g/mol. The lowest BCUT2D eigenvalue weighted by Crippen LogP contribution is -2.69. The second-order valence-corrected chi connectivity index (χ2v) is 8.51. The van der Waals surface area contributed by atoms with E-state index in [1.807, 2.05) is 24.3 Å². The fraction of sp³-hybridized carbons (Fsp3) is 0.545. The summed E-state index contributed by atoms with van der Waals surface area (Å²) in [5, 5.41) is 25.3. The molecule has 3 unspecified atom stereocenters. The highest BCUT2D eigenvalue weighted by Gasteiger charge is 2.70. The number of nitrogens with one attached hydrogen (secondary N) is 1. The molecule has 0 amide bonds. The molecule has 4 heterocycles. The van der Waals surface area contributed by atoms with Crippen LogP contribution >= 0.6 is 0 Å². The Hall–Kier alpha value is -2.36. The molecule has 0 aromatic heterocycles. The van der Waals surface area contributed by atoms with Crippen molar-refractivity contribution in [1.82, 2.24) is 4.90 Å². The summed E-state index contributed by atoms with van der Waals surface area (Å²) >= 11 is 0. The largest absolute Gasteiger partial charge is 0.468 e. The first-order valence-electron chi connectivity index (χ1n) is 10.0. The van der Waals surface area contributed by atoms with Crippen molar-refractivity contribution >= 4 is 11.7 Å². The van der Waals surface area contributed by atoms with Gasteiger partial charge in [0.25, 0.3) is 0 Å². The summed E-state index contributed by atoms with van der Waals surface area (Å²) in [4.78, 5) is 15.6. The topological polar surface area (TPSA) is 85.6 Å². The molecule has 4 aliphatic heterocycles. The Kier molecular flexibility index (Phi) is 3.68. The lowest BCUT2D eigenvalue weighted by molar-refractivity contribution is -0.169. The van der Waals surface area contributed by atoms with Crippen molar-refractivity contribution in [2.75, 3.05) is 19.0 Å². The van der Waals surface area contributed by atoms with Gasteiger partial charge < -0.3 is 15.2 Å². The Balaban J connectivity index is 1.76. The Morgan fingerprint density at radius 1 is 1.46 bits per heavy atom. The number of esters is 1. The molecule has 1 aromatic rings. The van der Waals surface area contributed by atoms with Crippen molar-refractivity contribution in [3.63, 3.8) is 0 Å². The van der Waals surface area contributed by atoms with Gasteiger partial charge >= 0.3 is 5.97 Å². The summed E-state index contributed by atoms with van der Waals surface area (Å²) in [5.74, 6) is -0.342. The number of aliphatic hydroxyl groups is 1. The standard InChI is InChI=1S/C22H25N3O3/c1-3-13-10-14-11-21(20(26)28-2)18(13)25(17(14)12-23)9-8-22(27)15-6-4-5-7-16(15)24-19(21)22/h4-7,10,14,17-19,24,27H,3,8-9,11H2,1-2H3/t14-,17?,18+,19?,21+,22+/m0/s1. The van der Waals surface area contributed by atoms with Gasteiger partial charge in [0.2, 0.25) is 0 Å². The number of nitrogens with zero attached hydrogens (tertiary/aromatic N) is 2. The van der Waals surface area contributed by atoms with Gasteiger partial charge in [-0.1, -0.05) is 36.8 Å². The van der Waals surface area contributed by atoms with E-state index in [1.165, 1.54) is 12.7 Å². The third-order valence-corrected chi connectivity index (χ3v) is 7.48. The number of anilines is 1. The zero-order valence-electron chi connectivity index (χ0n) is 16.2. The number of fused-ring (bicyclic) bond motifs is 3. The molecule has 0 saturated carbocycles. The molecular formula is C22H25N3O3. The fourth-order valence-corrected chi connectivity index (χ4v) is 6.45. The highest BCUT2D eigenvalue weighted by molar-refractivity contribution is 5.83. The molecule has 0 spiro atoms. The highest BCUT2D eigenvalue weighted by Crippen LogP contribution is 2.61. The van der Waals surface area contributed by atoms with Crippen molar-refractivity contribution < 1.29 is 14.6 Å². The predicted octanol–water partition coefficient (Wildman–Crippen LogP) is 2.16. The molecule has 6 nitrogen and oxygen atoms in total. The number of ether oxygens (including phenoxy) is 1. The van der Waals surface area contributed by atoms with Crippen molar-refractivity contribution in [3.05, 3.63) is 41.5 Å². The number of methoxy groups -OCH3 is 1. The Morgan fingerprint density at radius 3 is 2.96 bits per heavy atom. The van der Waals surface area contributed by atoms with Crippen molar-refractivity contribution in [1.29, 1.82) is 5.26 Å². The van der Waals surface area contributed by atoms with Crippen LogP contribution in [0.25, 0.3) is 0 Å². The summed E-state index contributed by atoms with van der Waals surface area (Å²) in [7, 11) is 1.42. The van der Waals surface area contributed by atoms with Gasteiger partial charge in [0.1, 0.15) is 17.1 Å². The van der Waals surface area contributed by atoms with Crippen molar-refractivity contribution in [3.8, 4) is 6.07 Å². The number of benzene rings is 1. The van der Waals surface area contributed by atoms with Gasteiger partial charge in [-0.05, 0) is 25.3 Å². The van der Waals surface area contributed by atoms with Crippen molar-refractivity contribution in [2.45, 2.75) is 49.9 Å². The molecule has 0 radical (unpaired) electrons. The van der Waals surface area contributed by atoms with Gasteiger partial charge in [-0.2, -0.15) is 5.26 Å². The fourth-order valence-electron chi connectivity index (χ4n) is 6.45. The molecule has 5 aliphatic rings. The van der Waals surface area contributed by atoms with E-state index in [4.69, 9.17) is 4.74 Å². The van der Waals surface area contributed by atoms with E-state index in [9.17, 15) is 15.2 Å². The molecule has 4 bridgehead atoms. The summed E-state index contributed by atoms with van der Waals surface area (Å²) in [6.45, 7) is 2.66. The number of hydrogen-bond acceptors (Lipinski definition) is 6. The lowest BCUT2D eigenvalue weighted by atomic mass is 9.55. The van der Waals surface area contributed by atoms with E-state index in [0.717, 1.165) is 17.7 Å². The maximum atomic E-state index is 13.4. The molecule has 146 valence electrons. The van der Waals surface area contributed by atoms with Crippen LogP contribution in [0.4, 0.5) is 5.69 Å². The molecule has 1 aliphatic carbocycles. The van der Waals surface area contributed by atoms with Crippen LogP contribution in [-0.2, 0) is 15.1 Å². The normalized spacial score (nSPS) is 42.4. The second-order valence-electron chi connectivity index (χ2n) is 8.51. The quantitative estimate of drug-likeness (QED) is 0.605. The average molecular weight is 379 g/mol. The number of piperidine rings is 1. The van der Waals surface area contributed by atoms with Gasteiger partial charge in [0, 0.05) is 23.7 Å². The average Bonchev–Trinajstić information content (AvgIpc) is 2.99. The van der Waals surface area contributed by atoms with Crippen LogP contribution in [0.2, 0.25) is 0 Å². The number of carbonyl (C=O) groups excluding carboxylic acids is 1. The van der Waals surface area contributed by atoms with Crippen LogP contribution in [0, 0.1) is 22.7 Å². The highest BCUT2D eigenvalue weighted by atomic mass is 16.5. The minimum absolute atomic E-state index is 0.0445. The zero-order valence-corrected chi connectivity index (χ0v) is 16.2. The first-order valence-corrected chi connectivity index (χ1v) is 10.0. The van der Waals surface area contributed by atoms with E-state index in [2.05, 4.69) is 29.3 Å². The molecule has 1 aromatic carbocycles. The SMILES string of the molecule is CCC1=C[C@H]2C[C@]3(C(=O)OC)C4Nc5ccccc5[C@]4(O)CCN(C2C#N)[C@H]13. The Labute approximate surface area is 164 Å². The molecule has 2 fully saturated rings. The zero-order chi connectivity index (χ0) is 19.7. The number of rotatable bonds is 2. The third-order valence-electron chi connectivity index (χ3n) is 7.48. The van der Waals surface area contributed by atoms with E-state index in [-0.39, 0.29) is 24.0 Å². The van der Waals surface area contributed by atoms with Crippen LogP contribution in [0.1, 0.15) is 31.7 Å². The Morgan fingerprint density at radius 2 is 2.25 bits per heavy atom. The van der Waals surface area contributed by atoms with Crippen LogP contribution in [0.15, 0.2) is 35.9 Å². The van der Waals surface area contributed by atoms with Crippen LogP contribution in [0.3, 0.4) is 0 Å². The summed E-state index contributed by atoms with van der Waals surface area (Å²) in [5.41, 5.74) is 0.783. The van der Waals surface area contributed by atoms with Crippen LogP contribution in [0.5, 0.6) is 0 Å². The number of hydrogen-bond donors (Lipinski definition) is 2. The van der Waals surface area contributed by atoms with Gasteiger partial charge in [0.05, 0.1) is 25.3 Å². The first kappa shape index (κ1) is 17.7. The lowest BCUT2D eigenvalue weighted by Gasteiger charge is -2.58. The van der Waals surface area contributed by atoms with E-state index < -0.39 is 17.1 Å². The van der Waals surface area contributed by atoms with E-state index in [1.54, 1.807) is 0 Å². The Bertz CT molecular complexity index is 922. The maximum absolute atomic E-state index is 13.4. The maximum Gasteiger partial charge on any atom is 0.316 e. The van der Waals surface area contributed by atoms with Crippen molar-refractivity contribution in [2.24, 2.45) is 11.3 Å². The first-order chi connectivity index (χ1) is 13.5. The predicted molar refractivity (Wildman–Crippen MR) is 103 cm³/mol. The number of nitriles is 1. The number of para-hydroxylation sites is 1. The van der Waals surface area contributed by atoms with E-state index in [0.29, 0.717) is 19.4 Å². The van der Waals surface area contributed by atoms with Crippen LogP contribution in [-0.4, -0.2) is 47.8 Å². The molecule has 28 heavy (non-hydrogen) atoms. The van der Waals surface area contributed by atoms with E-state index >= 15 is 0 Å². The molecule has 2 N–H and O–H groups in total. The van der Waals surface area contributed by atoms with Gasteiger partial charge in [-0.3, -0.25) is 9.69 Å². The number of carbonyl (C=O) groups is 1. The van der Waals surface area contributed by atoms with Gasteiger partial charge in [-0.15, -0.1) is 0 Å². The molecule has 7 atom stereocenters.